The number of ether oxygens (including phenoxy) is 1. The lowest BCUT2D eigenvalue weighted by Crippen LogP contribution is -2.39. The van der Waals surface area contributed by atoms with Gasteiger partial charge in [0.25, 0.3) is 0 Å². The van der Waals surface area contributed by atoms with E-state index in [1.165, 1.54) is 0 Å². The summed E-state index contributed by atoms with van der Waals surface area (Å²) in [5.74, 6) is 0.945. The second-order valence-electron chi connectivity index (χ2n) is 5.83. The SMILES string of the molecule is CCCN(O)C(=O)NOc1cccc(C2=N[C@H](c3ccccc3)CO2)c1. The largest absolute Gasteiger partial charge is 0.475 e. The third kappa shape index (κ3) is 4.31. The first kappa shape index (κ1) is 17.8. The molecule has 3 rings (SSSR count). The van der Waals surface area contributed by atoms with Crippen molar-refractivity contribution in [3.05, 3.63) is 65.7 Å². The predicted molar refractivity (Wildman–Crippen MR) is 96.1 cm³/mol. The van der Waals surface area contributed by atoms with Crippen molar-refractivity contribution in [2.45, 2.75) is 19.4 Å². The summed E-state index contributed by atoms with van der Waals surface area (Å²) >= 11 is 0. The van der Waals surface area contributed by atoms with E-state index in [-0.39, 0.29) is 12.6 Å². The molecule has 0 unspecified atom stereocenters. The van der Waals surface area contributed by atoms with Gasteiger partial charge in [-0.15, -0.1) is 0 Å². The Hall–Kier alpha value is -3.06. The molecule has 2 N–H and O–H groups in total. The number of rotatable bonds is 6. The van der Waals surface area contributed by atoms with Crippen molar-refractivity contribution in [3.8, 4) is 5.75 Å². The summed E-state index contributed by atoms with van der Waals surface area (Å²) in [6.07, 6.45) is 0.638. The third-order valence-corrected chi connectivity index (χ3v) is 3.84. The van der Waals surface area contributed by atoms with E-state index >= 15 is 0 Å². The van der Waals surface area contributed by atoms with E-state index in [2.05, 4.69) is 10.5 Å². The fourth-order valence-electron chi connectivity index (χ4n) is 2.54. The molecule has 1 atom stereocenters. The summed E-state index contributed by atoms with van der Waals surface area (Å²) in [5.41, 5.74) is 4.04. The molecule has 0 saturated carbocycles. The van der Waals surface area contributed by atoms with E-state index in [4.69, 9.17) is 9.57 Å². The molecule has 0 saturated heterocycles. The summed E-state index contributed by atoms with van der Waals surface area (Å²) in [6, 6.07) is 16.2. The summed E-state index contributed by atoms with van der Waals surface area (Å²) in [4.78, 5) is 21.5. The van der Waals surface area contributed by atoms with Crippen LogP contribution in [0.1, 0.15) is 30.5 Å². The first-order chi connectivity index (χ1) is 12.7. The highest BCUT2D eigenvalue weighted by Gasteiger charge is 2.21. The Bertz CT molecular complexity index is 779. The topological polar surface area (TPSA) is 83.4 Å². The highest BCUT2D eigenvalue weighted by atomic mass is 16.7. The van der Waals surface area contributed by atoms with Gasteiger partial charge in [0, 0.05) is 5.56 Å². The summed E-state index contributed by atoms with van der Waals surface area (Å²) in [5, 5.41) is 10.0. The molecule has 0 aromatic heterocycles. The second-order valence-corrected chi connectivity index (χ2v) is 5.83. The summed E-state index contributed by atoms with van der Waals surface area (Å²) in [6.45, 7) is 2.56. The van der Waals surface area contributed by atoms with Gasteiger partial charge in [-0.25, -0.2) is 14.9 Å². The smallest absolute Gasteiger partial charge is 0.374 e. The van der Waals surface area contributed by atoms with Gasteiger partial charge in [0.2, 0.25) is 5.90 Å². The molecule has 0 radical (unpaired) electrons. The van der Waals surface area contributed by atoms with Crippen molar-refractivity contribution in [3.63, 3.8) is 0 Å². The Labute approximate surface area is 151 Å². The number of aliphatic imine (C=N–C) groups is 1. The summed E-state index contributed by atoms with van der Waals surface area (Å²) in [7, 11) is 0. The van der Waals surface area contributed by atoms with Gasteiger partial charge in [-0.3, -0.25) is 5.21 Å². The number of hydrogen-bond acceptors (Lipinski definition) is 5. The minimum absolute atomic E-state index is 0.0348. The molecule has 0 spiro atoms. The highest BCUT2D eigenvalue weighted by molar-refractivity contribution is 5.95. The van der Waals surface area contributed by atoms with Crippen molar-refractivity contribution in [2.24, 2.45) is 4.99 Å². The molecule has 2 aromatic rings. The number of carbonyl (C=O) groups excluding carboxylic acids is 1. The molecule has 1 heterocycles. The van der Waals surface area contributed by atoms with Crippen LogP contribution in [0.15, 0.2) is 59.6 Å². The maximum absolute atomic E-state index is 11.6. The van der Waals surface area contributed by atoms with Gasteiger partial charge in [0.05, 0.1) is 6.54 Å². The Balaban J connectivity index is 1.65. The predicted octanol–water partition coefficient (Wildman–Crippen LogP) is 3.31. The lowest BCUT2D eigenvalue weighted by Gasteiger charge is -2.15. The van der Waals surface area contributed by atoms with Gasteiger partial charge in [-0.05, 0) is 30.2 Å². The maximum atomic E-state index is 11.6. The number of hydroxylamine groups is 3. The number of urea groups is 1. The molecule has 7 heteroatoms. The van der Waals surface area contributed by atoms with Crippen LogP contribution in [0.4, 0.5) is 4.79 Å². The lowest BCUT2D eigenvalue weighted by atomic mass is 10.1. The molecule has 0 fully saturated rings. The minimum atomic E-state index is -0.726. The maximum Gasteiger partial charge on any atom is 0.374 e. The van der Waals surface area contributed by atoms with Crippen molar-refractivity contribution in [1.29, 1.82) is 0 Å². The quantitative estimate of drug-likeness (QED) is 0.615. The molecule has 0 bridgehead atoms. The first-order valence-corrected chi connectivity index (χ1v) is 8.46. The first-order valence-electron chi connectivity index (χ1n) is 8.46. The minimum Gasteiger partial charge on any atom is -0.475 e. The van der Waals surface area contributed by atoms with Crippen molar-refractivity contribution < 1.29 is 19.6 Å². The fourth-order valence-corrected chi connectivity index (χ4v) is 2.54. The van der Waals surface area contributed by atoms with E-state index in [1.807, 2.05) is 43.3 Å². The molecule has 1 aliphatic rings. The van der Waals surface area contributed by atoms with Crippen molar-refractivity contribution >= 4 is 11.9 Å². The molecule has 26 heavy (non-hydrogen) atoms. The Kier molecular flexibility index (Phi) is 5.70. The van der Waals surface area contributed by atoms with E-state index in [1.54, 1.807) is 18.2 Å². The Morgan fingerprint density at radius 1 is 1.31 bits per heavy atom. The molecular formula is C19H21N3O4. The third-order valence-electron chi connectivity index (χ3n) is 3.84. The van der Waals surface area contributed by atoms with Crippen LogP contribution in [-0.2, 0) is 4.74 Å². The van der Waals surface area contributed by atoms with Crippen LogP contribution >= 0.6 is 0 Å². The second kappa shape index (κ2) is 8.35. The number of benzene rings is 2. The van der Waals surface area contributed by atoms with Crippen molar-refractivity contribution in [1.82, 2.24) is 10.5 Å². The molecule has 2 amide bonds. The van der Waals surface area contributed by atoms with Gasteiger partial charge >= 0.3 is 6.03 Å². The molecule has 136 valence electrons. The number of hydrogen-bond donors (Lipinski definition) is 2. The van der Waals surface area contributed by atoms with E-state index < -0.39 is 6.03 Å². The standard InChI is InChI=1S/C19H21N3O4/c1-2-11-22(24)19(23)21-26-16-10-6-9-15(12-16)18-20-17(13-25-18)14-7-4-3-5-8-14/h3-10,12,17,24H,2,11,13H2,1H3,(H,21,23)/t17-/m0/s1. The van der Waals surface area contributed by atoms with Gasteiger partial charge in [-0.1, -0.05) is 43.3 Å². The lowest BCUT2D eigenvalue weighted by molar-refractivity contribution is -0.0526. The summed E-state index contributed by atoms with van der Waals surface area (Å²) < 4.78 is 5.72. The molecular weight excluding hydrogens is 334 g/mol. The van der Waals surface area contributed by atoms with Gasteiger partial charge in [-0.2, -0.15) is 5.48 Å². The van der Waals surface area contributed by atoms with Gasteiger partial charge < -0.3 is 9.57 Å². The van der Waals surface area contributed by atoms with Crippen LogP contribution in [0.3, 0.4) is 0 Å². The molecule has 2 aromatic carbocycles. The highest BCUT2D eigenvalue weighted by Crippen LogP contribution is 2.26. The van der Waals surface area contributed by atoms with E-state index in [9.17, 15) is 10.0 Å². The zero-order chi connectivity index (χ0) is 18.4. The van der Waals surface area contributed by atoms with Gasteiger partial charge in [0.1, 0.15) is 12.6 Å². The monoisotopic (exact) mass is 355 g/mol. The Morgan fingerprint density at radius 2 is 2.12 bits per heavy atom. The van der Waals surface area contributed by atoms with E-state index in [0.29, 0.717) is 29.7 Å². The van der Waals surface area contributed by atoms with Crippen LogP contribution in [-0.4, -0.2) is 35.4 Å². The Morgan fingerprint density at radius 3 is 2.88 bits per heavy atom. The molecule has 1 aliphatic heterocycles. The fraction of sp³-hybridized carbons (Fsp3) is 0.263. The molecule has 7 nitrogen and oxygen atoms in total. The number of nitrogens with one attached hydrogen (secondary N) is 1. The number of carbonyl (C=O) groups is 1. The van der Waals surface area contributed by atoms with Crippen LogP contribution < -0.4 is 10.3 Å². The van der Waals surface area contributed by atoms with Crippen molar-refractivity contribution in [2.75, 3.05) is 13.2 Å². The zero-order valence-corrected chi connectivity index (χ0v) is 14.5. The normalized spacial score (nSPS) is 15.8. The van der Waals surface area contributed by atoms with E-state index in [0.717, 1.165) is 11.1 Å². The average molecular weight is 355 g/mol. The van der Waals surface area contributed by atoms with Crippen LogP contribution in [0, 0.1) is 0 Å². The molecule has 0 aliphatic carbocycles. The van der Waals surface area contributed by atoms with Crippen LogP contribution in [0.5, 0.6) is 5.75 Å². The number of amides is 2. The van der Waals surface area contributed by atoms with Crippen LogP contribution in [0.2, 0.25) is 0 Å². The average Bonchev–Trinajstić information content (AvgIpc) is 3.17. The van der Waals surface area contributed by atoms with Gasteiger partial charge in [0.15, 0.2) is 5.75 Å². The number of nitrogens with zero attached hydrogens (tertiary/aromatic N) is 2. The van der Waals surface area contributed by atoms with Crippen LogP contribution in [0.25, 0.3) is 0 Å². The zero-order valence-electron chi connectivity index (χ0n) is 14.5.